The Morgan fingerprint density at radius 1 is 1.06 bits per heavy atom. The molecular formula is C25H37IN4O2. The molecule has 1 saturated heterocycles. The molecular weight excluding hydrogens is 515 g/mol. The molecule has 32 heavy (non-hydrogen) atoms. The minimum atomic E-state index is 0. The van der Waals surface area contributed by atoms with E-state index in [0.29, 0.717) is 25.7 Å². The smallest absolute Gasteiger partial charge is 0.191 e. The molecule has 1 aliphatic rings. The summed E-state index contributed by atoms with van der Waals surface area (Å²) in [6, 6.07) is 18.8. The second kappa shape index (κ2) is 15.1. The van der Waals surface area contributed by atoms with Gasteiger partial charge in [0.1, 0.15) is 0 Å². The molecule has 2 aromatic rings. The summed E-state index contributed by atoms with van der Waals surface area (Å²) in [7, 11) is 0. The largest absolute Gasteiger partial charge is 0.378 e. The van der Waals surface area contributed by atoms with Gasteiger partial charge in [0.05, 0.1) is 33.0 Å². The zero-order valence-electron chi connectivity index (χ0n) is 19.3. The second-order valence-corrected chi connectivity index (χ2v) is 7.91. The number of aliphatic imine (C=N–C) groups is 1. The van der Waals surface area contributed by atoms with Gasteiger partial charge in [0.15, 0.2) is 5.96 Å². The molecule has 1 unspecified atom stereocenters. The van der Waals surface area contributed by atoms with Gasteiger partial charge in [-0.05, 0) is 30.0 Å². The van der Waals surface area contributed by atoms with E-state index in [0.717, 1.165) is 45.4 Å². The van der Waals surface area contributed by atoms with Crippen LogP contribution in [-0.2, 0) is 22.6 Å². The number of hydrogen-bond donors (Lipinski definition) is 2. The van der Waals surface area contributed by atoms with E-state index in [4.69, 9.17) is 14.5 Å². The number of halogens is 1. The van der Waals surface area contributed by atoms with Crippen molar-refractivity contribution in [2.24, 2.45) is 10.9 Å². The van der Waals surface area contributed by atoms with Crippen molar-refractivity contribution in [1.29, 1.82) is 0 Å². The van der Waals surface area contributed by atoms with Crippen LogP contribution in [0.1, 0.15) is 25.0 Å². The van der Waals surface area contributed by atoms with Crippen molar-refractivity contribution in [3.05, 3.63) is 65.7 Å². The number of morpholine rings is 1. The zero-order chi connectivity index (χ0) is 21.7. The Labute approximate surface area is 209 Å². The number of anilines is 1. The monoisotopic (exact) mass is 552 g/mol. The van der Waals surface area contributed by atoms with Gasteiger partial charge in [-0.25, -0.2) is 4.99 Å². The molecule has 176 valence electrons. The van der Waals surface area contributed by atoms with Gasteiger partial charge in [-0.1, -0.05) is 55.5 Å². The normalized spacial score (nSPS) is 15.1. The lowest BCUT2D eigenvalue weighted by Gasteiger charge is -2.30. The molecule has 1 atom stereocenters. The van der Waals surface area contributed by atoms with E-state index in [2.05, 4.69) is 65.8 Å². The third-order valence-electron chi connectivity index (χ3n) is 5.23. The molecule has 0 bridgehead atoms. The summed E-state index contributed by atoms with van der Waals surface area (Å²) >= 11 is 0. The Hall–Kier alpha value is -1.84. The van der Waals surface area contributed by atoms with Crippen LogP contribution in [0.15, 0.2) is 59.6 Å². The summed E-state index contributed by atoms with van der Waals surface area (Å²) in [5.41, 5.74) is 3.70. The van der Waals surface area contributed by atoms with E-state index < -0.39 is 0 Å². The molecule has 7 heteroatoms. The maximum Gasteiger partial charge on any atom is 0.191 e. The number of para-hydroxylation sites is 1. The number of nitrogens with zero attached hydrogens (tertiary/aromatic N) is 2. The molecule has 0 aromatic heterocycles. The fourth-order valence-corrected chi connectivity index (χ4v) is 3.55. The molecule has 0 spiro atoms. The third-order valence-corrected chi connectivity index (χ3v) is 5.23. The first-order chi connectivity index (χ1) is 15.3. The van der Waals surface area contributed by atoms with Crippen LogP contribution >= 0.6 is 24.0 Å². The van der Waals surface area contributed by atoms with E-state index in [-0.39, 0.29) is 24.0 Å². The van der Waals surface area contributed by atoms with E-state index in [9.17, 15) is 0 Å². The average molecular weight is 553 g/mol. The van der Waals surface area contributed by atoms with Gasteiger partial charge in [-0.2, -0.15) is 0 Å². The highest BCUT2D eigenvalue weighted by atomic mass is 127. The maximum absolute atomic E-state index is 5.87. The summed E-state index contributed by atoms with van der Waals surface area (Å²) in [6.45, 7) is 11.3. The molecule has 0 saturated carbocycles. The second-order valence-electron chi connectivity index (χ2n) is 7.91. The lowest BCUT2D eigenvalue weighted by Crippen LogP contribution is -2.40. The minimum Gasteiger partial charge on any atom is -0.378 e. The number of hydrogen-bond acceptors (Lipinski definition) is 4. The number of benzene rings is 2. The van der Waals surface area contributed by atoms with Gasteiger partial charge in [0.25, 0.3) is 0 Å². The predicted octanol–water partition coefficient (Wildman–Crippen LogP) is 4.05. The van der Waals surface area contributed by atoms with Crippen LogP contribution < -0.4 is 15.5 Å². The molecule has 0 radical (unpaired) electrons. The maximum atomic E-state index is 5.87. The molecule has 0 aliphatic carbocycles. The first-order valence-corrected chi connectivity index (χ1v) is 11.3. The standard InChI is InChI=1S/C25H36N4O2.HI/c1-3-26-25(27-17-21(2)19-31-20-22-9-5-4-6-10-22)28-18-23-11-7-8-12-24(23)29-13-15-30-16-14-29;/h4-12,21H,3,13-20H2,1-2H3,(H2,26,27,28);1H. The van der Waals surface area contributed by atoms with E-state index in [1.165, 1.54) is 16.8 Å². The summed E-state index contributed by atoms with van der Waals surface area (Å²) < 4.78 is 11.4. The fraction of sp³-hybridized carbons (Fsp3) is 0.480. The van der Waals surface area contributed by atoms with Crippen molar-refractivity contribution >= 4 is 35.6 Å². The third kappa shape index (κ3) is 8.96. The van der Waals surface area contributed by atoms with Gasteiger partial charge in [-0.3, -0.25) is 0 Å². The van der Waals surface area contributed by atoms with E-state index >= 15 is 0 Å². The summed E-state index contributed by atoms with van der Waals surface area (Å²) in [4.78, 5) is 7.22. The highest BCUT2D eigenvalue weighted by Gasteiger charge is 2.14. The SMILES string of the molecule is CCNC(=NCc1ccccc1N1CCOCC1)NCC(C)COCc1ccccc1.I. The average Bonchev–Trinajstić information content (AvgIpc) is 2.82. The molecule has 1 heterocycles. The van der Waals surface area contributed by atoms with Crippen LogP contribution in [0.25, 0.3) is 0 Å². The van der Waals surface area contributed by atoms with Gasteiger partial charge >= 0.3 is 0 Å². The number of ether oxygens (including phenoxy) is 2. The molecule has 2 aromatic carbocycles. The summed E-state index contributed by atoms with van der Waals surface area (Å²) in [6.07, 6.45) is 0. The van der Waals surface area contributed by atoms with E-state index in [1.807, 2.05) is 18.2 Å². The van der Waals surface area contributed by atoms with Crippen LogP contribution in [0.3, 0.4) is 0 Å². The van der Waals surface area contributed by atoms with Crippen molar-refractivity contribution in [1.82, 2.24) is 10.6 Å². The summed E-state index contributed by atoms with van der Waals surface area (Å²) in [5.74, 6) is 1.22. The molecule has 1 aliphatic heterocycles. The first-order valence-electron chi connectivity index (χ1n) is 11.3. The van der Waals surface area contributed by atoms with Crippen LogP contribution in [-0.4, -0.2) is 52.0 Å². The van der Waals surface area contributed by atoms with Gasteiger partial charge in [-0.15, -0.1) is 24.0 Å². The number of rotatable bonds is 10. The first kappa shape index (κ1) is 26.4. The van der Waals surface area contributed by atoms with Crippen molar-refractivity contribution in [3.8, 4) is 0 Å². The van der Waals surface area contributed by atoms with Crippen molar-refractivity contribution < 1.29 is 9.47 Å². The Bertz CT molecular complexity index is 798. The van der Waals surface area contributed by atoms with Crippen LogP contribution in [0.4, 0.5) is 5.69 Å². The van der Waals surface area contributed by atoms with Gasteiger partial charge in [0, 0.05) is 31.9 Å². The molecule has 6 nitrogen and oxygen atoms in total. The topological polar surface area (TPSA) is 58.1 Å². The zero-order valence-corrected chi connectivity index (χ0v) is 21.6. The highest BCUT2D eigenvalue weighted by molar-refractivity contribution is 14.0. The van der Waals surface area contributed by atoms with Gasteiger partial charge < -0.3 is 25.0 Å². The number of guanidine groups is 1. The molecule has 1 fully saturated rings. The Kier molecular flexibility index (Phi) is 12.4. The molecule has 3 rings (SSSR count). The highest BCUT2D eigenvalue weighted by Crippen LogP contribution is 2.22. The predicted molar refractivity (Wildman–Crippen MR) is 143 cm³/mol. The lowest BCUT2D eigenvalue weighted by molar-refractivity contribution is 0.0931. The fourth-order valence-electron chi connectivity index (χ4n) is 3.55. The quantitative estimate of drug-likeness (QED) is 0.265. The van der Waals surface area contributed by atoms with Crippen molar-refractivity contribution in [2.75, 3.05) is 50.9 Å². The summed E-state index contributed by atoms with van der Waals surface area (Å²) in [5, 5.41) is 6.82. The minimum absolute atomic E-state index is 0. The van der Waals surface area contributed by atoms with Crippen LogP contribution in [0.2, 0.25) is 0 Å². The molecule has 2 N–H and O–H groups in total. The van der Waals surface area contributed by atoms with Crippen LogP contribution in [0.5, 0.6) is 0 Å². The van der Waals surface area contributed by atoms with E-state index in [1.54, 1.807) is 0 Å². The Morgan fingerprint density at radius 3 is 2.53 bits per heavy atom. The Balaban J connectivity index is 0.00000363. The Morgan fingerprint density at radius 2 is 1.78 bits per heavy atom. The van der Waals surface area contributed by atoms with Crippen molar-refractivity contribution in [2.45, 2.75) is 27.0 Å². The number of nitrogens with one attached hydrogen (secondary N) is 2. The lowest BCUT2D eigenvalue weighted by atomic mass is 10.1. The van der Waals surface area contributed by atoms with Gasteiger partial charge in [0.2, 0.25) is 0 Å². The molecule has 0 amide bonds. The van der Waals surface area contributed by atoms with Crippen LogP contribution in [0, 0.1) is 5.92 Å². The van der Waals surface area contributed by atoms with Crippen molar-refractivity contribution in [3.63, 3.8) is 0 Å².